The molecule has 3 amide bonds. The largest absolute Gasteiger partial charge is 0.486 e. The third kappa shape index (κ3) is 2.05. The Kier molecular flexibility index (Phi) is 3.07. The molecule has 2 N–H and O–H groups in total. The summed E-state index contributed by atoms with van der Waals surface area (Å²) in [6.45, 7) is 0. The summed E-state index contributed by atoms with van der Waals surface area (Å²) in [7, 11) is 1.44. The van der Waals surface area contributed by atoms with E-state index < -0.39 is 6.23 Å². The van der Waals surface area contributed by atoms with Crippen molar-refractivity contribution < 1.29 is 24.2 Å². The zero-order valence-electron chi connectivity index (χ0n) is 12.8. The van der Waals surface area contributed by atoms with Gasteiger partial charge >= 0.3 is 0 Å². The van der Waals surface area contributed by atoms with Crippen molar-refractivity contribution in [3.63, 3.8) is 0 Å². The maximum absolute atomic E-state index is 12.0. The second kappa shape index (κ2) is 5.04. The molecule has 2 atom stereocenters. The van der Waals surface area contributed by atoms with Gasteiger partial charge in [-0.05, 0) is 24.3 Å². The van der Waals surface area contributed by atoms with Gasteiger partial charge in [-0.25, -0.2) is 0 Å². The molecule has 0 radical (unpaired) electrons. The van der Waals surface area contributed by atoms with Gasteiger partial charge in [0.15, 0.2) is 6.23 Å². The number of carbonyl (C=O) groups is 3. The number of hydrogen-bond acceptors (Lipinski definition) is 5. The highest BCUT2D eigenvalue weighted by Gasteiger charge is 2.35. The number of fused-ring (bicyclic) bond motifs is 2. The van der Waals surface area contributed by atoms with Crippen molar-refractivity contribution in [1.29, 1.82) is 0 Å². The number of aliphatic hydroxyl groups excluding tert-OH is 1. The van der Waals surface area contributed by atoms with E-state index in [1.807, 2.05) is 0 Å². The summed E-state index contributed by atoms with van der Waals surface area (Å²) in [6, 6.07) is 4.75. The minimum atomic E-state index is -1.02. The van der Waals surface area contributed by atoms with Crippen LogP contribution in [-0.4, -0.2) is 47.1 Å². The number of benzene rings is 1. The van der Waals surface area contributed by atoms with Crippen LogP contribution in [0.2, 0.25) is 0 Å². The lowest BCUT2D eigenvalue weighted by atomic mass is 9.97. The van der Waals surface area contributed by atoms with Crippen molar-refractivity contribution in [2.24, 2.45) is 0 Å². The second-order valence-electron chi connectivity index (χ2n) is 5.88. The van der Waals surface area contributed by atoms with Crippen LogP contribution in [0.25, 0.3) is 0 Å². The lowest BCUT2D eigenvalue weighted by molar-refractivity contribution is -0.117. The Bertz CT molecular complexity index is 855. The molecule has 0 bridgehead atoms. The van der Waals surface area contributed by atoms with E-state index in [0.717, 1.165) is 4.90 Å². The highest BCUT2D eigenvalue weighted by atomic mass is 16.5. The average molecular weight is 326 g/mol. The number of amides is 3. The maximum atomic E-state index is 12.0. The van der Waals surface area contributed by atoms with E-state index in [0.29, 0.717) is 34.4 Å². The normalized spacial score (nSPS) is 25.1. The lowest BCUT2D eigenvalue weighted by Gasteiger charge is -2.19. The van der Waals surface area contributed by atoms with E-state index in [1.54, 1.807) is 30.4 Å². The molecule has 0 spiro atoms. The highest BCUT2D eigenvalue weighted by Crippen LogP contribution is 2.30. The number of carbonyl (C=O) groups excluding carboxylic acids is 3. The van der Waals surface area contributed by atoms with Crippen LogP contribution < -0.4 is 10.1 Å². The molecular weight excluding hydrogens is 312 g/mol. The van der Waals surface area contributed by atoms with Crippen molar-refractivity contribution in [3.05, 3.63) is 52.6 Å². The number of hydrogen-bond donors (Lipinski definition) is 2. The third-order valence-corrected chi connectivity index (χ3v) is 4.39. The Morgan fingerprint density at radius 2 is 1.96 bits per heavy atom. The fourth-order valence-corrected chi connectivity index (χ4v) is 3.12. The van der Waals surface area contributed by atoms with Crippen molar-refractivity contribution in [2.75, 3.05) is 7.05 Å². The third-order valence-electron chi connectivity index (χ3n) is 4.39. The number of imide groups is 1. The predicted molar refractivity (Wildman–Crippen MR) is 82.2 cm³/mol. The topological polar surface area (TPSA) is 95.9 Å². The summed E-state index contributed by atoms with van der Waals surface area (Å²) in [4.78, 5) is 36.6. The van der Waals surface area contributed by atoms with Crippen molar-refractivity contribution >= 4 is 17.7 Å². The second-order valence-corrected chi connectivity index (χ2v) is 5.88. The van der Waals surface area contributed by atoms with E-state index in [2.05, 4.69) is 5.32 Å². The molecule has 2 aliphatic heterocycles. The zero-order chi connectivity index (χ0) is 17.0. The van der Waals surface area contributed by atoms with Crippen molar-refractivity contribution in [1.82, 2.24) is 10.2 Å². The highest BCUT2D eigenvalue weighted by molar-refractivity contribution is 6.21. The number of nitrogens with zero attached hydrogens (tertiary/aromatic N) is 1. The van der Waals surface area contributed by atoms with E-state index >= 15 is 0 Å². The monoisotopic (exact) mass is 326 g/mol. The number of aliphatic hydroxyl groups is 1. The van der Waals surface area contributed by atoms with Gasteiger partial charge in [-0.2, -0.15) is 0 Å². The van der Waals surface area contributed by atoms with Crippen LogP contribution in [0.15, 0.2) is 41.5 Å². The molecule has 24 heavy (non-hydrogen) atoms. The minimum Gasteiger partial charge on any atom is -0.486 e. The Morgan fingerprint density at radius 3 is 2.75 bits per heavy atom. The molecular formula is C17H14N2O5. The number of ether oxygens (including phenoxy) is 1. The molecule has 1 aromatic carbocycles. The van der Waals surface area contributed by atoms with Gasteiger partial charge in [0.1, 0.15) is 11.9 Å². The Morgan fingerprint density at radius 1 is 1.21 bits per heavy atom. The molecule has 4 rings (SSSR count). The predicted octanol–water partition coefficient (Wildman–Crippen LogP) is 0.364. The molecule has 1 fully saturated rings. The fourth-order valence-electron chi connectivity index (χ4n) is 3.12. The summed E-state index contributed by atoms with van der Waals surface area (Å²) in [5.41, 5.74) is 1.65. The first kappa shape index (κ1) is 14.6. The number of rotatable bonds is 2. The standard InChI is InChI=1S/C17H14N2O5/c1-19-16(22)11-5-3-9(7-13(11)17(19)23)24-8-2-4-10-12(6-8)15(21)18-14(10)20/h3-8,15,21H,2H2,1H3,(H,18,20)/t8-,15?/m0/s1. The van der Waals surface area contributed by atoms with Gasteiger partial charge in [-0.1, -0.05) is 6.08 Å². The molecule has 1 saturated heterocycles. The first-order valence-corrected chi connectivity index (χ1v) is 7.50. The van der Waals surface area contributed by atoms with Gasteiger partial charge in [0, 0.05) is 24.6 Å². The van der Waals surface area contributed by atoms with Crippen LogP contribution >= 0.6 is 0 Å². The zero-order valence-corrected chi connectivity index (χ0v) is 12.8. The Labute approximate surface area is 137 Å². The maximum Gasteiger partial charge on any atom is 0.261 e. The SMILES string of the molecule is CN1C(=O)c2ccc(O[C@@H]3C=C4C(=CC3)C(=O)NC4O)cc2C1=O. The van der Waals surface area contributed by atoms with Crippen LogP contribution in [0.1, 0.15) is 27.1 Å². The molecule has 2 heterocycles. The molecule has 122 valence electrons. The molecule has 1 unspecified atom stereocenters. The molecule has 3 aliphatic rings. The smallest absolute Gasteiger partial charge is 0.261 e. The van der Waals surface area contributed by atoms with Crippen LogP contribution in [0.4, 0.5) is 0 Å². The van der Waals surface area contributed by atoms with Crippen LogP contribution in [-0.2, 0) is 4.79 Å². The first-order chi connectivity index (χ1) is 11.5. The van der Waals surface area contributed by atoms with E-state index in [9.17, 15) is 19.5 Å². The van der Waals surface area contributed by atoms with Crippen LogP contribution in [0.3, 0.4) is 0 Å². The molecule has 1 aliphatic carbocycles. The molecule has 7 heteroatoms. The van der Waals surface area contributed by atoms with Crippen LogP contribution in [0, 0.1) is 0 Å². The molecule has 7 nitrogen and oxygen atoms in total. The Hall–Kier alpha value is -2.93. The minimum absolute atomic E-state index is 0.295. The molecule has 1 aromatic rings. The van der Waals surface area contributed by atoms with E-state index in [1.165, 1.54) is 7.05 Å². The van der Waals surface area contributed by atoms with Gasteiger partial charge in [0.2, 0.25) is 0 Å². The first-order valence-electron chi connectivity index (χ1n) is 7.50. The van der Waals surface area contributed by atoms with E-state index in [-0.39, 0.29) is 23.8 Å². The summed E-state index contributed by atoms with van der Waals surface area (Å²) in [5, 5.41) is 12.2. The van der Waals surface area contributed by atoms with Gasteiger partial charge in [0.25, 0.3) is 17.7 Å². The van der Waals surface area contributed by atoms with E-state index in [4.69, 9.17) is 4.74 Å². The summed E-state index contributed by atoms with van der Waals surface area (Å²) in [5.74, 6) is -0.522. The van der Waals surface area contributed by atoms with Gasteiger partial charge in [-0.15, -0.1) is 0 Å². The summed E-state index contributed by atoms with van der Waals surface area (Å²) >= 11 is 0. The Balaban J connectivity index is 1.58. The summed E-state index contributed by atoms with van der Waals surface area (Å²) in [6.07, 6.45) is 2.51. The van der Waals surface area contributed by atoms with Gasteiger partial charge in [-0.3, -0.25) is 19.3 Å². The van der Waals surface area contributed by atoms with Crippen LogP contribution in [0.5, 0.6) is 5.75 Å². The molecule has 0 aromatic heterocycles. The number of nitrogens with one attached hydrogen (secondary N) is 1. The average Bonchev–Trinajstić information content (AvgIpc) is 2.97. The fraction of sp³-hybridized carbons (Fsp3) is 0.235. The summed E-state index contributed by atoms with van der Waals surface area (Å²) < 4.78 is 5.84. The lowest BCUT2D eigenvalue weighted by Crippen LogP contribution is -2.25. The van der Waals surface area contributed by atoms with Gasteiger partial charge < -0.3 is 15.2 Å². The molecule has 0 saturated carbocycles. The van der Waals surface area contributed by atoms with Crippen molar-refractivity contribution in [3.8, 4) is 5.75 Å². The van der Waals surface area contributed by atoms with Gasteiger partial charge in [0.05, 0.1) is 11.1 Å². The van der Waals surface area contributed by atoms with Crippen molar-refractivity contribution in [2.45, 2.75) is 18.8 Å². The quantitative estimate of drug-likeness (QED) is 0.765.